The average molecular weight is 161 g/mol. The maximum Gasteiger partial charge on any atom is 0.00989 e. The smallest absolute Gasteiger partial charge is 0.00989 e. The van der Waals surface area contributed by atoms with Gasteiger partial charge in [-0.1, -0.05) is 44.9 Å². The van der Waals surface area contributed by atoms with Crippen molar-refractivity contribution in [3.8, 4) is 17.8 Å². The molecule has 0 aromatic carbocycles. The van der Waals surface area contributed by atoms with Gasteiger partial charge in [0, 0.05) is 6.42 Å². The van der Waals surface area contributed by atoms with E-state index in [4.69, 9.17) is 6.42 Å². The van der Waals surface area contributed by atoms with Crippen LogP contribution in [0.3, 0.4) is 0 Å². The molecule has 0 unspecified atom stereocenters. The molecular weight excluding hydrogens is 144 g/mol. The standard InChI is InChI=1S/C12H17/c1-3-5-7-9-11-12-10-8-6-4-2/h3,5,7,9-12H2,1H3. The second-order valence-corrected chi connectivity index (χ2v) is 2.94. The number of unbranched alkanes of at least 4 members (excludes halogenated alkanes) is 6. The van der Waals surface area contributed by atoms with Crippen molar-refractivity contribution >= 4 is 0 Å². The first-order valence-electron chi connectivity index (χ1n) is 4.81. The summed E-state index contributed by atoms with van der Waals surface area (Å²) < 4.78 is 0. The molecular formula is C12H17. The number of rotatable bonds is 6. The lowest BCUT2D eigenvalue weighted by Gasteiger charge is -1.96. The summed E-state index contributed by atoms with van der Waals surface area (Å²) in [4.78, 5) is 0. The van der Waals surface area contributed by atoms with Gasteiger partial charge in [0.2, 0.25) is 0 Å². The Bertz CT molecular complexity index is 172. The van der Waals surface area contributed by atoms with Gasteiger partial charge >= 0.3 is 0 Å². The molecule has 0 rings (SSSR count). The minimum Gasteiger partial charge on any atom is -0.0891 e. The van der Waals surface area contributed by atoms with E-state index < -0.39 is 0 Å². The molecule has 0 saturated carbocycles. The Labute approximate surface area is 76.8 Å². The lowest BCUT2D eigenvalue weighted by Crippen LogP contribution is -1.77. The Balaban J connectivity index is 2.97. The second-order valence-electron chi connectivity index (χ2n) is 2.94. The third-order valence-corrected chi connectivity index (χ3v) is 1.81. The van der Waals surface area contributed by atoms with Crippen LogP contribution in [-0.4, -0.2) is 0 Å². The highest BCUT2D eigenvalue weighted by molar-refractivity contribution is 5.18. The minimum absolute atomic E-state index is 0.929. The molecule has 65 valence electrons. The maximum atomic E-state index is 6.55. The van der Waals surface area contributed by atoms with Crippen molar-refractivity contribution in [1.29, 1.82) is 0 Å². The van der Waals surface area contributed by atoms with E-state index in [2.05, 4.69) is 24.7 Å². The molecule has 0 N–H and O–H groups in total. The summed E-state index contributed by atoms with van der Waals surface area (Å²) in [6, 6.07) is 0. The highest BCUT2D eigenvalue weighted by Gasteiger charge is 1.87. The molecule has 0 bridgehead atoms. The van der Waals surface area contributed by atoms with Crippen LogP contribution in [-0.2, 0) is 0 Å². The molecule has 0 atom stereocenters. The Morgan fingerprint density at radius 2 is 1.67 bits per heavy atom. The molecule has 0 aromatic rings. The summed E-state index contributed by atoms with van der Waals surface area (Å²) in [7, 11) is 0. The van der Waals surface area contributed by atoms with Gasteiger partial charge in [-0.15, -0.1) is 0 Å². The van der Waals surface area contributed by atoms with Gasteiger partial charge in [-0.25, -0.2) is 0 Å². The summed E-state index contributed by atoms with van der Waals surface area (Å²) >= 11 is 0. The normalized spacial score (nSPS) is 8.33. The van der Waals surface area contributed by atoms with Crippen molar-refractivity contribution in [2.45, 2.75) is 51.9 Å². The van der Waals surface area contributed by atoms with Crippen molar-refractivity contribution in [2.24, 2.45) is 0 Å². The third kappa shape index (κ3) is 9.12. The molecule has 0 aliphatic carbocycles. The fourth-order valence-electron chi connectivity index (χ4n) is 1.10. The predicted octanol–water partition coefficient (Wildman–Crippen LogP) is 3.33. The van der Waals surface area contributed by atoms with Gasteiger partial charge in [-0.05, 0) is 24.7 Å². The SMILES string of the molecule is [C]#CC#CCCCCCCCC. The third-order valence-electron chi connectivity index (χ3n) is 1.81. The zero-order valence-corrected chi connectivity index (χ0v) is 7.95. The number of hydrogen-bond donors (Lipinski definition) is 0. The Morgan fingerprint density at radius 1 is 1.00 bits per heavy atom. The van der Waals surface area contributed by atoms with E-state index in [0.717, 1.165) is 6.42 Å². The molecule has 0 aromatic heterocycles. The van der Waals surface area contributed by atoms with Crippen LogP contribution >= 0.6 is 0 Å². The van der Waals surface area contributed by atoms with Crippen molar-refractivity contribution < 1.29 is 0 Å². The van der Waals surface area contributed by atoms with Crippen LogP contribution in [0, 0.1) is 24.2 Å². The van der Waals surface area contributed by atoms with E-state index in [-0.39, 0.29) is 0 Å². The summed E-state index contributed by atoms with van der Waals surface area (Å²) in [5.41, 5.74) is 0. The van der Waals surface area contributed by atoms with Gasteiger partial charge in [-0.2, -0.15) is 0 Å². The summed E-state index contributed by atoms with van der Waals surface area (Å²) in [6.07, 6.45) is 15.3. The van der Waals surface area contributed by atoms with Crippen LogP contribution in [0.1, 0.15) is 51.9 Å². The monoisotopic (exact) mass is 161 g/mol. The molecule has 0 heteroatoms. The summed E-state index contributed by atoms with van der Waals surface area (Å²) in [5, 5.41) is 0. The molecule has 0 aliphatic heterocycles. The topological polar surface area (TPSA) is 0 Å². The first-order chi connectivity index (χ1) is 5.91. The van der Waals surface area contributed by atoms with Crippen molar-refractivity contribution in [3.05, 3.63) is 6.42 Å². The first kappa shape index (κ1) is 11.1. The summed E-state index contributed by atoms with van der Waals surface area (Å²) in [5.74, 6) is 7.46. The minimum atomic E-state index is 0.929. The highest BCUT2D eigenvalue weighted by Crippen LogP contribution is 2.05. The Kier molecular flexibility index (Phi) is 9.38. The first-order valence-corrected chi connectivity index (χ1v) is 4.81. The fraction of sp³-hybridized carbons (Fsp3) is 0.667. The molecule has 0 heterocycles. The van der Waals surface area contributed by atoms with E-state index in [1.165, 1.54) is 38.5 Å². The fourth-order valence-corrected chi connectivity index (χ4v) is 1.10. The van der Waals surface area contributed by atoms with E-state index >= 15 is 0 Å². The maximum absolute atomic E-state index is 6.55. The van der Waals surface area contributed by atoms with Crippen LogP contribution in [0.25, 0.3) is 0 Å². The quantitative estimate of drug-likeness (QED) is 0.414. The average Bonchev–Trinajstić information content (AvgIpc) is 2.10. The molecule has 12 heavy (non-hydrogen) atoms. The van der Waals surface area contributed by atoms with Crippen LogP contribution in [0.4, 0.5) is 0 Å². The van der Waals surface area contributed by atoms with Gasteiger partial charge in [-0.3, -0.25) is 0 Å². The Morgan fingerprint density at radius 3 is 2.33 bits per heavy atom. The van der Waals surface area contributed by atoms with Gasteiger partial charge in [0.05, 0.1) is 0 Å². The number of hydrogen-bond acceptors (Lipinski definition) is 0. The zero-order chi connectivity index (χ0) is 9.07. The van der Waals surface area contributed by atoms with E-state index in [9.17, 15) is 0 Å². The van der Waals surface area contributed by atoms with E-state index in [0.29, 0.717) is 0 Å². The lowest BCUT2D eigenvalue weighted by atomic mass is 10.1. The van der Waals surface area contributed by atoms with Crippen molar-refractivity contribution in [2.75, 3.05) is 0 Å². The Hall–Kier alpha value is -0.880. The van der Waals surface area contributed by atoms with Gasteiger partial charge in [0.1, 0.15) is 0 Å². The zero-order valence-electron chi connectivity index (χ0n) is 7.95. The van der Waals surface area contributed by atoms with Crippen LogP contribution in [0.15, 0.2) is 0 Å². The van der Waals surface area contributed by atoms with Crippen molar-refractivity contribution in [1.82, 2.24) is 0 Å². The molecule has 0 nitrogen and oxygen atoms in total. The van der Waals surface area contributed by atoms with Crippen LogP contribution in [0.5, 0.6) is 0 Å². The second kappa shape index (κ2) is 10.1. The molecule has 0 saturated heterocycles. The lowest BCUT2D eigenvalue weighted by molar-refractivity contribution is 0.614. The predicted molar refractivity (Wildman–Crippen MR) is 52.9 cm³/mol. The molecule has 0 spiro atoms. The van der Waals surface area contributed by atoms with Crippen molar-refractivity contribution in [3.63, 3.8) is 0 Å². The van der Waals surface area contributed by atoms with Crippen LogP contribution in [0.2, 0.25) is 0 Å². The molecule has 0 amide bonds. The van der Waals surface area contributed by atoms with E-state index in [1.807, 2.05) is 0 Å². The van der Waals surface area contributed by atoms with E-state index in [1.54, 1.807) is 0 Å². The van der Waals surface area contributed by atoms with Gasteiger partial charge < -0.3 is 0 Å². The largest absolute Gasteiger partial charge is 0.0891 e. The summed E-state index contributed by atoms with van der Waals surface area (Å²) in [6.45, 7) is 2.23. The van der Waals surface area contributed by atoms with Crippen LogP contribution < -0.4 is 0 Å². The molecule has 0 fully saturated rings. The van der Waals surface area contributed by atoms with Gasteiger partial charge in [0.25, 0.3) is 0 Å². The molecule has 1 radical (unpaired) electrons. The highest BCUT2D eigenvalue weighted by atomic mass is 13.9. The molecule has 0 aliphatic rings. The van der Waals surface area contributed by atoms with Gasteiger partial charge in [0.15, 0.2) is 0 Å².